The van der Waals surface area contributed by atoms with Gasteiger partial charge in [0.25, 0.3) is 0 Å². The summed E-state index contributed by atoms with van der Waals surface area (Å²) in [6.07, 6.45) is 4.58. The Labute approximate surface area is 168 Å². The molecule has 0 aliphatic carbocycles. The van der Waals surface area contributed by atoms with Crippen LogP contribution in [0.4, 0.5) is 0 Å². The summed E-state index contributed by atoms with van der Waals surface area (Å²) in [5, 5.41) is 2.95. The van der Waals surface area contributed by atoms with E-state index >= 15 is 0 Å². The maximum Gasteiger partial charge on any atom is 0.223 e. The number of carbonyl (C=O) groups is 3. The van der Waals surface area contributed by atoms with Crippen molar-refractivity contribution in [2.24, 2.45) is 17.8 Å². The largest absolute Gasteiger partial charge is 0.494 e. The molecule has 0 fully saturated rings. The normalized spacial score (nSPS) is 25.1. The zero-order chi connectivity index (χ0) is 20.5. The summed E-state index contributed by atoms with van der Waals surface area (Å²) in [5.74, 6) is 0.377. The van der Waals surface area contributed by atoms with E-state index in [1.807, 2.05) is 45.0 Å². The monoisotopic (exact) mass is 387 g/mol. The number of hydrogen-bond acceptors (Lipinski definition) is 4. The first kappa shape index (κ1) is 22.1. The number of aldehydes is 1. The standard InChI is InChI=1S/C23H33NO4/c1-16(2)12-21-22(26)14-19(15-25)6-4-5-11-28-20-9-7-18(8-10-20)13-17(3)23(27)24-21/h7-10,15-17,19,21H,4-6,11-14H2,1-3H3,(H,24,27)/t17-,19+,21-/m0/s1. The number of ether oxygens (including phenoxy) is 1. The van der Waals surface area contributed by atoms with Crippen molar-refractivity contribution in [3.63, 3.8) is 0 Å². The number of nitrogens with one attached hydrogen (secondary N) is 1. The number of Topliss-reactive ketones (excluding diaryl/α,β-unsaturated/α-hetero) is 1. The lowest BCUT2D eigenvalue weighted by atomic mass is 9.91. The number of fused-ring (bicyclic) bond motifs is 14. The number of carbonyl (C=O) groups excluding carboxylic acids is 3. The fraction of sp³-hybridized carbons (Fsp3) is 0.609. The summed E-state index contributed by atoms with van der Waals surface area (Å²) in [7, 11) is 0. The number of benzene rings is 1. The highest BCUT2D eigenvalue weighted by Crippen LogP contribution is 2.19. The van der Waals surface area contributed by atoms with Crippen molar-refractivity contribution in [2.75, 3.05) is 6.61 Å². The van der Waals surface area contributed by atoms with Crippen LogP contribution in [0.3, 0.4) is 0 Å². The minimum Gasteiger partial charge on any atom is -0.494 e. The van der Waals surface area contributed by atoms with E-state index in [-0.39, 0.29) is 35.9 Å². The van der Waals surface area contributed by atoms with Gasteiger partial charge in [-0.25, -0.2) is 0 Å². The van der Waals surface area contributed by atoms with E-state index in [4.69, 9.17) is 4.74 Å². The minimum absolute atomic E-state index is 0.0455. The van der Waals surface area contributed by atoms with Crippen molar-refractivity contribution >= 4 is 18.0 Å². The molecule has 2 aliphatic rings. The zero-order valence-electron chi connectivity index (χ0n) is 17.3. The smallest absolute Gasteiger partial charge is 0.223 e. The van der Waals surface area contributed by atoms with Gasteiger partial charge in [0.2, 0.25) is 5.91 Å². The second-order valence-electron chi connectivity index (χ2n) is 8.35. The molecule has 2 bridgehead atoms. The first-order valence-electron chi connectivity index (χ1n) is 10.4. The molecule has 5 nitrogen and oxygen atoms in total. The van der Waals surface area contributed by atoms with E-state index < -0.39 is 6.04 Å². The summed E-state index contributed by atoms with van der Waals surface area (Å²) >= 11 is 0. The highest BCUT2D eigenvalue weighted by atomic mass is 16.5. The van der Waals surface area contributed by atoms with Crippen LogP contribution >= 0.6 is 0 Å². The molecule has 5 heteroatoms. The molecular formula is C23H33NO4. The Hall–Kier alpha value is -2.17. The molecule has 154 valence electrons. The van der Waals surface area contributed by atoms with Crippen molar-refractivity contribution in [3.8, 4) is 5.75 Å². The second kappa shape index (κ2) is 11.0. The SMILES string of the molecule is CC(C)C[C@@H]1NC(=O)[C@@H](C)Cc2ccc(cc2)OCCCC[C@@H](C=O)CC1=O. The third-order valence-corrected chi connectivity index (χ3v) is 5.22. The Kier molecular flexibility index (Phi) is 8.68. The van der Waals surface area contributed by atoms with Crippen molar-refractivity contribution < 1.29 is 19.1 Å². The van der Waals surface area contributed by atoms with Gasteiger partial charge in [-0.1, -0.05) is 32.9 Å². The minimum atomic E-state index is -0.529. The maximum absolute atomic E-state index is 12.8. The van der Waals surface area contributed by atoms with Crippen LogP contribution in [0.5, 0.6) is 5.75 Å². The van der Waals surface area contributed by atoms with Gasteiger partial charge in [-0.2, -0.15) is 0 Å². The molecule has 2 aliphatic heterocycles. The zero-order valence-corrected chi connectivity index (χ0v) is 17.3. The fourth-order valence-corrected chi connectivity index (χ4v) is 3.54. The van der Waals surface area contributed by atoms with Gasteiger partial charge in [0, 0.05) is 18.3 Å². The van der Waals surface area contributed by atoms with Crippen molar-refractivity contribution in [3.05, 3.63) is 29.8 Å². The Morgan fingerprint density at radius 3 is 2.50 bits per heavy atom. The maximum atomic E-state index is 12.8. The average molecular weight is 388 g/mol. The summed E-state index contributed by atoms with van der Waals surface area (Å²) in [4.78, 5) is 37.0. The number of rotatable bonds is 3. The van der Waals surface area contributed by atoms with Gasteiger partial charge in [0.15, 0.2) is 5.78 Å². The van der Waals surface area contributed by atoms with E-state index in [1.165, 1.54) is 0 Å². The van der Waals surface area contributed by atoms with Crippen LogP contribution in [-0.4, -0.2) is 30.6 Å². The van der Waals surface area contributed by atoms with Gasteiger partial charge in [-0.15, -0.1) is 0 Å². The lowest BCUT2D eigenvalue weighted by Gasteiger charge is -2.23. The first-order chi connectivity index (χ1) is 13.4. The summed E-state index contributed by atoms with van der Waals surface area (Å²) in [5.41, 5.74) is 1.06. The van der Waals surface area contributed by atoms with Crippen LogP contribution in [0, 0.1) is 17.8 Å². The molecule has 2 heterocycles. The molecule has 0 radical (unpaired) electrons. The Morgan fingerprint density at radius 2 is 1.86 bits per heavy atom. The Morgan fingerprint density at radius 1 is 1.14 bits per heavy atom. The van der Waals surface area contributed by atoms with Gasteiger partial charge in [0.05, 0.1) is 12.6 Å². The molecule has 3 atom stereocenters. The number of ketones is 1. The third-order valence-electron chi connectivity index (χ3n) is 5.22. The molecule has 1 aromatic carbocycles. The van der Waals surface area contributed by atoms with Crippen molar-refractivity contribution in [2.45, 2.75) is 65.3 Å². The number of amides is 1. The average Bonchev–Trinajstić information content (AvgIpc) is 2.66. The lowest BCUT2D eigenvalue weighted by Crippen LogP contribution is -2.44. The molecule has 1 aromatic rings. The summed E-state index contributed by atoms with van der Waals surface area (Å²) < 4.78 is 5.75. The van der Waals surface area contributed by atoms with Crippen LogP contribution in [-0.2, 0) is 20.8 Å². The molecule has 0 saturated carbocycles. The molecule has 0 saturated heterocycles. The first-order valence-corrected chi connectivity index (χ1v) is 10.4. The van der Waals surface area contributed by atoms with E-state index in [9.17, 15) is 14.4 Å². The van der Waals surface area contributed by atoms with Crippen LogP contribution in [0.1, 0.15) is 58.4 Å². The molecule has 0 aromatic heterocycles. The quantitative estimate of drug-likeness (QED) is 0.802. The predicted molar refractivity (Wildman–Crippen MR) is 109 cm³/mol. The molecular weight excluding hydrogens is 354 g/mol. The van der Waals surface area contributed by atoms with Crippen LogP contribution in [0.15, 0.2) is 24.3 Å². The fourth-order valence-electron chi connectivity index (χ4n) is 3.54. The molecule has 0 spiro atoms. The van der Waals surface area contributed by atoms with Gasteiger partial charge >= 0.3 is 0 Å². The highest BCUT2D eigenvalue weighted by Gasteiger charge is 2.26. The van der Waals surface area contributed by atoms with Crippen LogP contribution in [0.2, 0.25) is 0 Å². The van der Waals surface area contributed by atoms with Gasteiger partial charge in [0.1, 0.15) is 12.0 Å². The van der Waals surface area contributed by atoms with Crippen molar-refractivity contribution in [1.29, 1.82) is 0 Å². The molecule has 1 N–H and O–H groups in total. The van der Waals surface area contributed by atoms with Gasteiger partial charge in [-0.3, -0.25) is 9.59 Å². The summed E-state index contributed by atoms with van der Waals surface area (Å²) in [6, 6.07) is 7.29. The van der Waals surface area contributed by atoms with Crippen molar-refractivity contribution in [1.82, 2.24) is 5.32 Å². The predicted octanol–water partition coefficient (Wildman–Crippen LogP) is 3.73. The number of hydrogen-bond donors (Lipinski definition) is 1. The summed E-state index contributed by atoms with van der Waals surface area (Å²) in [6.45, 7) is 6.53. The van der Waals surface area contributed by atoms with Gasteiger partial charge in [-0.05, 0) is 55.7 Å². The molecule has 3 rings (SSSR count). The van der Waals surface area contributed by atoms with Gasteiger partial charge < -0.3 is 14.8 Å². The van der Waals surface area contributed by atoms with E-state index in [0.29, 0.717) is 25.9 Å². The van der Waals surface area contributed by atoms with E-state index in [1.54, 1.807) is 0 Å². The lowest BCUT2D eigenvalue weighted by molar-refractivity contribution is -0.131. The second-order valence-corrected chi connectivity index (χ2v) is 8.35. The van der Waals surface area contributed by atoms with Crippen LogP contribution < -0.4 is 10.1 Å². The topological polar surface area (TPSA) is 72.5 Å². The Balaban J connectivity index is 2.18. The van der Waals surface area contributed by atoms with E-state index in [2.05, 4.69) is 5.32 Å². The highest BCUT2D eigenvalue weighted by molar-refractivity contribution is 5.91. The van der Waals surface area contributed by atoms with Crippen LogP contribution in [0.25, 0.3) is 0 Å². The Bertz CT molecular complexity index is 653. The molecule has 1 amide bonds. The molecule has 28 heavy (non-hydrogen) atoms. The van der Waals surface area contributed by atoms with E-state index in [0.717, 1.165) is 30.4 Å². The third kappa shape index (κ3) is 7.10. The molecule has 0 unspecified atom stereocenters.